The third-order valence-electron chi connectivity index (χ3n) is 5.49. The van der Waals surface area contributed by atoms with Gasteiger partial charge in [0.15, 0.2) is 0 Å². The molecule has 9 heteroatoms. The number of aromatic nitrogens is 2. The number of anilines is 1. The normalized spacial score (nSPS) is 13.4. The molecule has 0 saturated heterocycles. The molecule has 0 atom stereocenters. The summed E-state index contributed by atoms with van der Waals surface area (Å²) in [6.45, 7) is -0.149. The second kappa shape index (κ2) is 8.60. The van der Waals surface area contributed by atoms with Crippen molar-refractivity contribution in [1.29, 1.82) is 0 Å². The van der Waals surface area contributed by atoms with Gasteiger partial charge >= 0.3 is 5.69 Å². The van der Waals surface area contributed by atoms with Crippen LogP contribution in [0.1, 0.15) is 16.9 Å². The van der Waals surface area contributed by atoms with Crippen molar-refractivity contribution in [2.75, 3.05) is 18.5 Å². The number of carbonyl (C=O) groups excluding carboxylic acids is 1. The van der Waals surface area contributed by atoms with E-state index in [-0.39, 0.29) is 30.3 Å². The second-order valence-corrected chi connectivity index (χ2v) is 8.64. The summed E-state index contributed by atoms with van der Waals surface area (Å²) in [5.74, 6) is 0.124. The average molecular weight is 445 g/mol. The minimum absolute atomic E-state index is 0.124. The number of amides is 1. The number of benzene rings is 1. The number of fused-ring (bicyclic) bond motifs is 1. The SMILES string of the molecule is CN1C(=O)CCc2cc(-c3ccc(Cn4ccn(CC(CN)=C(F)F)c4=O)s3)ccc21. The van der Waals surface area contributed by atoms with Crippen molar-refractivity contribution in [2.24, 2.45) is 5.73 Å². The standard InChI is InChI=1S/C22H22F2N4O2S/c1-26-18-5-2-15(10-14(18)3-7-20(26)29)19-6-4-17(31-19)13-28-9-8-27(22(28)30)12-16(11-25)21(23)24/h2,4-6,8-10H,3,7,11-13,25H2,1H3. The monoisotopic (exact) mass is 444 g/mol. The smallest absolute Gasteiger partial charge is 0.327 e. The lowest BCUT2D eigenvalue weighted by atomic mass is 9.99. The molecule has 0 bridgehead atoms. The van der Waals surface area contributed by atoms with Crippen molar-refractivity contribution in [3.05, 3.63) is 75.3 Å². The molecule has 0 saturated carbocycles. The van der Waals surface area contributed by atoms with Crippen LogP contribution in [0.25, 0.3) is 10.4 Å². The first-order valence-corrected chi connectivity index (χ1v) is 10.7. The maximum absolute atomic E-state index is 12.8. The summed E-state index contributed by atoms with van der Waals surface area (Å²) in [7, 11) is 1.79. The highest BCUT2D eigenvalue weighted by atomic mass is 32.1. The Labute approximate surface area is 181 Å². The fourth-order valence-electron chi connectivity index (χ4n) is 3.70. The number of nitrogens with zero attached hydrogens (tertiary/aromatic N) is 3. The Morgan fingerprint density at radius 2 is 1.87 bits per heavy atom. The summed E-state index contributed by atoms with van der Waals surface area (Å²) in [4.78, 5) is 28.2. The molecule has 2 aromatic heterocycles. The molecule has 1 aromatic carbocycles. The largest absolute Gasteiger partial charge is 0.328 e. The van der Waals surface area contributed by atoms with Crippen molar-refractivity contribution in [3.8, 4) is 10.4 Å². The molecule has 0 aliphatic carbocycles. The Morgan fingerprint density at radius 3 is 2.61 bits per heavy atom. The highest BCUT2D eigenvalue weighted by molar-refractivity contribution is 7.15. The number of thiophene rings is 1. The minimum Gasteiger partial charge on any atom is -0.327 e. The zero-order valence-electron chi connectivity index (χ0n) is 17.0. The fourth-order valence-corrected chi connectivity index (χ4v) is 4.70. The van der Waals surface area contributed by atoms with Gasteiger partial charge in [-0.25, -0.2) is 4.79 Å². The lowest BCUT2D eigenvalue weighted by molar-refractivity contribution is -0.118. The Bertz CT molecular complexity index is 1220. The lowest BCUT2D eigenvalue weighted by Gasteiger charge is -2.26. The summed E-state index contributed by atoms with van der Waals surface area (Å²) in [6.07, 6.45) is 2.49. The Balaban J connectivity index is 1.53. The van der Waals surface area contributed by atoms with Crippen molar-refractivity contribution in [2.45, 2.75) is 25.9 Å². The van der Waals surface area contributed by atoms with Gasteiger partial charge in [-0.2, -0.15) is 8.78 Å². The van der Waals surface area contributed by atoms with E-state index >= 15 is 0 Å². The molecule has 4 rings (SSSR count). The molecule has 0 unspecified atom stereocenters. The third-order valence-corrected chi connectivity index (χ3v) is 6.61. The van der Waals surface area contributed by atoms with Crippen LogP contribution >= 0.6 is 11.3 Å². The molecule has 162 valence electrons. The van der Waals surface area contributed by atoms with Crippen molar-refractivity contribution < 1.29 is 13.6 Å². The van der Waals surface area contributed by atoms with Gasteiger partial charge in [0.05, 0.1) is 13.1 Å². The molecule has 6 nitrogen and oxygen atoms in total. The fraction of sp³-hybridized carbons (Fsp3) is 0.273. The van der Waals surface area contributed by atoms with Crippen LogP contribution in [0.4, 0.5) is 14.5 Å². The van der Waals surface area contributed by atoms with Crippen LogP contribution in [0, 0.1) is 0 Å². The van der Waals surface area contributed by atoms with Crippen LogP contribution in [0.5, 0.6) is 0 Å². The molecule has 1 aliphatic rings. The number of rotatable bonds is 6. The zero-order valence-corrected chi connectivity index (χ0v) is 17.8. The molecule has 0 spiro atoms. The van der Waals surface area contributed by atoms with Gasteiger partial charge in [-0.1, -0.05) is 6.07 Å². The number of nitrogens with two attached hydrogens (primary N) is 1. The Kier molecular flexibility index (Phi) is 5.88. The minimum atomic E-state index is -1.84. The maximum atomic E-state index is 12.8. The molecular formula is C22H22F2N4O2S. The first-order valence-electron chi connectivity index (χ1n) is 9.84. The van der Waals surface area contributed by atoms with E-state index in [1.165, 1.54) is 15.3 Å². The van der Waals surface area contributed by atoms with Crippen LogP contribution < -0.4 is 16.3 Å². The number of hydrogen-bond donors (Lipinski definition) is 1. The molecule has 3 aromatic rings. The molecule has 31 heavy (non-hydrogen) atoms. The van der Waals surface area contributed by atoms with E-state index in [0.29, 0.717) is 13.0 Å². The highest BCUT2D eigenvalue weighted by Crippen LogP contribution is 2.34. The lowest BCUT2D eigenvalue weighted by Crippen LogP contribution is -2.30. The van der Waals surface area contributed by atoms with E-state index in [9.17, 15) is 18.4 Å². The first-order chi connectivity index (χ1) is 14.9. The van der Waals surface area contributed by atoms with Gasteiger partial charge < -0.3 is 10.6 Å². The van der Waals surface area contributed by atoms with Gasteiger partial charge in [0.25, 0.3) is 6.08 Å². The van der Waals surface area contributed by atoms with Gasteiger partial charge in [-0.15, -0.1) is 11.3 Å². The third kappa shape index (κ3) is 4.24. The molecular weight excluding hydrogens is 422 g/mol. The summed E-state index contributed by atoms with van der Waals surface area (Å²) < 4.78 is 28.4. The highest BCUT2D eigenvalue weighted by Gasteiger charge is 2.21. The van der Waals surface area contributed by atoms with Crippen molar-refractivity contribution >= 4 is 22.9 Å². The number of halogens is 2. The molecule has 1 aliphatic heterocycles. The van der Waals surface area contributed by atoms with Crippen LogP contribution in [0.15, 0.2) is 59.2 Å². The quantitative estimate of drug-likeness (QED) is 0.633. The predicted octanol–water partition coefficient (Wildman–Crippen LogP) is 3.44. The average Bonchev–Trinajstić information content (AvgIpc) is 3.36. The van der Waals surface area contributed by atoms with E-state index in [2.05, 4.69) is 6.07 Å². The number of carbonyl (C=O) groups is 1. The van der Waals surface area contributed by atoms with Gasteiger partial charge in [-0.05, 0) is 41.8 Å². The maximum Gasteiger partial charge on any atom is 0.328 e. The van der Waals surface area contributed by atoms with Crippen LogP contribution in [0.2, 0.25) is 0 Å². The summed E-state index contributed by atoms with van der Waals surface area (Å²) in [5.41, 5.74) is 7.89. The molecule has 0 radical (unpaired) electrons. The van der Waals surface area contributed by atoms with Crippen LogP contribution in [-0.2, 0) is 24.3 Å². The topological polar surface area (TPSA) is 73.3 Å². The van der Waals surface area contributed by atoms with E-state index in [0.717, 1.165) is 33.0 Å². The molecule has 3 heterocycles. The summed E-state index contributed by atoms with van der Waals surface area (Å²) in [5, 5.41) is 0. The second-order valence-electron chi connectivity index (χ2n) is 7.47. The van der Waals surface area contributed by atoms with Crippen LogP contribution in [-0.4, -0.2) is 28.6 Å². The first kappa shape index (κ1) is 21.2. The van der Waals surface area contributed by atoms with E-state index < -0.39 is 6.08 Å². The molecule has 1 amide bonds. The van der Waals surface area contributed by atoms with Gasteiger partial charge in [0.2, 0.25) is 5.91 Å². The van der Waals surface area contributed by atoms with E-state index in [4.69, 9.17) is 5.73 Å². The Hall–Kier alpha value is -3.04. The van der Waals surface area contributed by atoms with Crippen LogP contribution in [0.3, 0.4) is 0 Å². The predicted molar refractivity (Wildman–Crippen MR) is 118 cm³/mol. The van der Waals surface area contributed by atoms with Crippen molar-refractivity contribution in [3.63, 3.8) is 0 Å². The molecule has 0 fully saturated rings. The van der Waals surface area contributed by atoms with Gasteiger partial charge in [-0.3, -0.25) is 13.9 Å². The van der Waals surface area contributed by atoms with Gasteiger partial charge in [0, 0.05) is 53.4 Å². The van der Waals surface area contributed by atoms with Crippen molar-refractivity contribution in [1.82, 2.24) is 9.13 Å². The summed E-state index contributed by atoms with van der Waals surface area (Å²) in [6, 6.07) is 10.1. The van der Waals surface area contributed by atoms with E-state index in [1.807, 2.05) is 24.3 Å². The number of imidazole rings is 1. The number of hydrogen-bond acceptors (Lipinski definition) is 4. The van der Waals surface area contributed by atoms with Gasteiger partial charge in [0.1, 0.15) is 0 Å². The zero-order chi connectivity index (χ0) is 22.1. The van der Waals surface area contributed by atoms with E-state index in [1.54, 1.807) is 29.5 Å². The number of aryl methyl sites for hydroxylation is 1. The Morgan fingerprint density at radius 1 is 1.10 bits per heavy atom. The summed E-state index contributed by atoms with van der Waals surface area (Å²) >= 11 is 1.58. The molecule has 2 N–H and O–H groups in total.